The van der Waals surface area contributed by atoms with E-state index < -0.39 is 0 Å². The molecule has 7 rings (SSSR count). The minimum Gasteiger partial charge on any atom is -0.360 e. The zero-order valence-corrected chi connectivity index (χ0v) is 47.3. The summed E-state index contributed by atoms with van der Waals surface area (Å²) in [4.78, 5) is 0. The summed E-state index contributed by atoms with van der Waals surface area (Å²) in [7, 11) is 43.6. The summed E-state index contributed by atoms with van der Waals surface area (Å²) >= 11 is 0. The van der Waals surface area contributed by atoms with Crippen molar-refractivity contribution in [3.05, 3.63) is 0 Å². The Labute approximate surface area is 422 Å². The highest BCUT2D eigenvalue weighted by Crippen LogP contribution is 2.33. The lowest BCUT2D eigenvalue weighted by Gasteiger charge is -2.66. The van der Waals surface area contributed by atoms with E-state index in [-0.39, 0.29) is 127 Å². The van der Waals surface area contributed by atoms with Gasteiger partial charge in [0.25, 0.3) is 41.9 Å². The zero-order valence-electron chi connectivity index (χ0n) is 47.3. The Bertz CT molecular complexity index is 1700. The van der Waals surface area contributed by atoms with E-state index in [0.29, 0.717) is 0 Å². The van der Waals surface area contributed by atoms with E-state index in [4.69, 9.17) is 0 Å². The van der Waals surface area contributed by atoms with Crippen molar-refractivity contribution in [3.63, 3.8) is 0 Å². The Balaban J connectivity index is 1.51. The third kappa shape index (κ3) is 8.67. The second kappa shape index (κ2) is 21.1. The third-order valence-corrected chi connectivity index (χ3v) is 18.8. The van der Waals surface area contributed by atoms with Crippen molar-refractivity contribution < 1.29 is 0 Å². The number of fused-ring (bicyclic) bond motifs is 6. The van der Waals surface area contributed by atoms with E-state index >= 15 is 0 Å². The molecule has 0 amide bonds. The molecule has 24 nitrogen and oxygen atoms in total. The highest BCUT2D eigenvalue weighted by molar-refractivity contribution is 7.04. The van der Waals surface area contributed by atoms with E-state index in [1.54, 1.807) is 0 Å². The molecule has 360 valence electrons. The Kier molecular flexibility index (Phi) is 17.3. The van der Waals surface area contributed by atoms with Gasteiger partial charge in [0.05, 0.1) is 0 Å². The molecular formula is C26H82B18N24. The van der Waals surface area contributed by atoms with Crippen LogP contribution < -0.4 is 20.7 Å². The molecule has 0 aromatic rings. The lowest BCUT2D eigenvalue weighted by molar-refractivity contribution is 0.395. The van der Waals surface area contributed by atoms with Crippen molar-refractivity contribution in [1.82, 2.24) is 115 Å². The monoisotopic (exact) mass is 929 g/mol. The van der Waals surface area contributed by atoms with Crippen LogP contribution in [0.3, 0.4) is 0 Å². The molecule has 0 radical (unpaired) electrons. The van der Waals surface area contributed by atoms with Crippen molar-refractivity contribution in [1.29, 1.82) is 0 Å². The fraction of sp³-hybridized carbons (Fsp3) is 1.00. The van der Waals surface area contributed by atoms with E-state index in [0.717, 1.165) is 0 Å². The number of hydrogen-bond acceptors (Lipinski definition) is 24. The molecule has 0 unspecified atom stereocenters. The van der Waals surface area contributed by atoms with Crippen LogP contribution in [0.5, 0.6) is 0 Å². The van der Waals surface area contributed by atoms with Crippen molar-refractivity contribution in [2.75, 3.05) is 141 Å². The van der Waals surface area contributed by atoms with Gasteiger partial charge in [-0.2, -0.15) is 0 Å². The average Bonchev–Trinajstić information content (AvgIpc) is 3.29. The molecule has 6 bridgehead atoms. The van der Waals surface area contributed by atoms with Gasteiger partial charge < -0.3 is 115 Å². The topological polar surface area (TPSA) is 113 Å². The van der Waals surface area contributed by atoms with Crippen LogP contribution >= 0.6 is 0 Å². The Morgan fingerprint density at radius 2 is 0.485 bits per heavy atom. The molecule has 4 N–H and O–H groups in total. The molecule has 0 aromatic heterocycles. The molecule has 7 aliphatic heterocycles. The third-order valence-electron chi connectivity index (χ3n) is 18.8. The maximum atomic E-state index is 4.37. The van der Waals surface area contributed by atoms with E-state index in [2.05, 4.69) is 297 Å². The molecule has 0 atom stereocenters. The maximum absolute atomic E-state index is 4.37. The van der Waals surface area contributed by atoms with Crippen LogP contribution in [-0.4, -0.2) is 363 Å². The zero-order chi connectivity index (χ0) is 50.8. The smallest absolute Gasteiger partial charge is 0.360 e. The first kappa shape index (κ1) is 55.9. The van der Waals surface area contributed by atoms with E-state index in [1.807, 2.05) is 0 Å². The summed E-state index contributed by atoms with van der Waals surface area (Å²) in [5, 5.41) is 16.1. The SMILES string of the molecule is CNB1N(C)B(C)N(C)B(N2B3N(C)B(NC)N(C)B(NB4N(C)B(NB5N(C)B(C)N(C)B(C)N5C)N(C)B(N4C)N(B4N(C)B(C)N(C)B(C)N4C)B4N(C)B(C)N(C)B2N4C)N3C)N1C. The van der Waals surface area contributed by atoms with Gasteiger partial charge in [-0.1, -0.05) is 40.9 Å². The molecule has 7 fully saturated rings. The summed E-state index contributed by atoms with van der Waals surface area (Å²) in [6.45, 7) is 15.1. The molecule has 0 aliphatic carbocycles. The van der Waals surface area contributed by atoms with Crippen LogP contribution in [0, 0.1) is 0 Å². The van der Waals surface area contributed by atoms with Gasteiger partial charge in [-0.3, -0.25) is 0 Å². The Morgan fingerprint density at radius 1 is 0.250 bits per heavy atom. The van der Waals surface area contributed by atoms with Gasteiger partial charge in [0.1, 0.15) is 0 Å². The molecule has 42 heteroatoms. The normalized spacial score (nSPS) is 27.4. The van der Waals surface area contributed by atoms with Crippen molar-refractivity contribution in [2.24, 2.45) is 0 Å². The lowest BCUT2D eigenvalue weighted by atomic mass is 9.37. The largest absolute Gasteiger partial charge is 0.381 e. The number of rotatable bonds is 6. The van der Waals surface area contributed by atoms with Crippen molar-refractivity contribution in [3.8, 4) is 0 Å². The highest BCUT2D eigenvalue weighted by atomic mass is 15.6. The first-order valence-corrected chi connectivity index (χ1v) is 25.1. The van der Waals surface area contributed by atoms with E-state index in [1.165, 1.54) is 0 Å². The number of nitrogens with zero attached hydrogens (tertiary/aromatic N) is 20. The minimum absolute atomic E-state index is 0.00653. The van der Waals surface area contributed by atoms with Gasteiger partial charge in [0.15, 0.2) is 0 Å². The van der Waals surface area contributed by atoms with Gasteiger partial charge in [-0.25, -0.2) is 0 Å². The van der Waals surface area contributed by atoms with Crippen LogP contribution in [0.2, 0.25) is 40.9 Å². The first-order valence-electron chi connectivity index (χ1n) is 25.1. The van der Waals surface area contributed by atoms with Gasteiger partial charge in [-0.15, -0.1) is 0 Å². The molecule has 0 aromatic carbocycles. The predicted molar refractivity (Wildman–Crippen MR) is 307 cm³/mol. The predicted octanol–water partition coefficient (Wildman–Crippen LogP) is -8.40. The van der Waals surface area contributed by atoms with E-state index in [9.17, 15) is 0 Å². The fourth-order valence-corrected chi connectivity index (χ4v) is 13.7. The van der Waals surface area contributed by atoms with Gasteiger partial charge in [0, 0.05) is 0 Å². The Morgan fingerprint density at radius 3 is 0.868 bits per heavy atom. The summed E-state index contributed by atoms with van der Waals surface area (Å²) in [5.74, 6) is 0. The maximum Gasteiger partial charge on any atom is 0.381 e. The molecule has 7 saturated heterocycles. The van der Waals surface area contributed by atoms with Gasteiger partial charge in [0.2, 0.25) is 0 Å². The molecule has 68 heavy (non-hydrogen) atoms. The standard InChI is InChI=1S/C26H82B18N24/c1-27-49(9)28(2)53(13)35(52(27)12)47-37-60(20)38-48-36-59(19)34(46-8)62(22)43(63(36)23)68(40-56(16)31(5)51(11)33(45-7)61(40)21)42-58(18)32(6)57(17)41(66(42)26)67(44(64(37)24)65(38)25)39-54(14)29(3)50(10)30(4)55(39)15/h45-48H,1-26H3. The molecular weight excluding hydrogens is 843 g/mol. The molecule has 7 aliphatic rings. The summed E-state index contributed by atoms with van der Waals surface area (Å²) in [5.41, 5.74) is 0. The first-order chi connectivity index (χ1) is 31.7. The van der Waals surface area contributed by atoms with Gasteiger partial charge in [-0.05, 0) is 141 Å². The molecule has 0 spiro atoms. The fourth-order valence-electron chi connectivity index (χ4n) is 13.7. The second-order valence-electron chi connectivity index (χ2n) is 21.9. The second-order valence-corrected chi connectivity index (χ2v) is 21.9. The number of nitrogens with one attached hydrogen (secondary N) is 4. The highest BCUT2D eigenvalue weighted by Gasteiger charge is 2.69. The average molecular weight is 926 g/mol. The van der Waals surface area contributed by atoms with Crippen LogP contribution in [0.25, 0.3) is 0 Å². The van der Waals surface area contributed by atoms with Crippen molar-refractivity contribution >= 4 is 127 Å². The Hall–Kier alpha value is 0.209. The molecule has 7 heterocycles. The van der Waals surface area contributed by atoms with Gasteiger partial charge >= 0.3 is 85.4 Å². The quantitative estimate of drug-likeness (QED) is 0.189. The number of hydrogen-bond donors (Lipinski definition) is 4. The van der Waals surface area contributed by atoms with Crippen LogP contribution in [0.4, 0.5) is 0 Å². The van der Waals surface area contributed by atoms with Crippen LogP contribution in [-0.2, 0) is 0 Å². The van der Waals surface area contributed by atoms with Crippen molar-refractivity contribution in [2.45, 2.75) is 40.9 Å². The summed E-state index contributed by atoms with van der Waals surface area (Å²) in [6, 6.07) is 0. The van der Waals surface area contributed by atoms with Crippen LogP contribution in [0.15, 0.2) is 0 Å². The minimum atomic E-state index is -0.230. The summed E-state index contributed by atoms with van der Waals surface area (Å²) in [6.07, 6.45) is 0. The van der Waals surface area contributed by atoms with Crippen LogP contribution in [0.1, 0.15) is 0 Å². The summed E-state index contributed by atoms with van der Waals surface area (Å²) < 4.78 is 51.2. The lowest BCUT2D eigenvalue weighted by Crippen LogP contribution is -2.98. The molecule has 0 saturated carbocycles.